The van der Waals surface area contributed by atoms with Gasteiger partial charge < -0.3 is 9.67 Å². The Morgan fingerprint density at radius 3 is 2.48 bits per heavy atom. The minimum Gasteiger partial charge on any atom is -0.388 e. The normalized spacial score (nSPS) is 11.5. The number of benzene rings is 1. The molecule has 7 nitrogen and oxygen atoms in total. The number of fused-ring (bicyclic) bond motifs is 1. The molecule has 156 valence electrons. The van der Waals surface area contributed by atoms with E-state index in [1.807, 2.05) is 13.8 Å². The van der Waals surface area contributed by atoms with Crippen molar-refractivity contribution in [2.45, 2.75) is 59.4 Å². The van der Waals surface area contributed by atoms with Crippen LogP contribution in [0.25, 0.3) is 11.2 Å². The van der Waals surface area contributed by atoms with Crippen molar-refractivity contribution in [2.75, 3.05) is 0 Å². The largest absolute Gasteiger partial charge is 0.388 e. The maximum absolute atomic E-state index is 13.4. The monoisotopic (exact) mass is 422 g/mol. The molecule has 0 aliphatic carbocycles. The molecule has 3 rings (SSSR count). The number of imidazole rings is 1. The van der Waals surface area contributed by atoms with Gasteiger partial charge in [-0.3, -0.25) is 13.9 Å². The third-order valence-corrected chi connectivity index (χ3v) is 5.21. The van der Waals surface area contributed by atoms with Crippen molar-refractivity contribution in [1.29, 1.82) is 0 Å². The van der Waals surface area contributed by atoms with Crippen LogP contribution in [0.5, 0.6) is 0 Å². The van der Waals surface area contributed by atoms with Gasteiger partial charge in [-0.05, 0) is 30.5 Å². The molecule has 3 aromatic rings. The lowest BCUT2D eigenvalue weighted by molar-refractivity contribution is 0.265. The van der Waals surface area contributed by atoms with Gasteiger partial charge in [-0.1, -0.05) is 37.9 Å². The van der Waals surface area contributed by atoms with Crippen LogP contribution in [-0.4, -0.2) is 23.8 Å². The molecule has 1 N–H and O–H groups in total. The first-order valence-corrected chi connectivity index (χ1v) is 10.1. The zero-order valence-electron chi connectivity index (χ0n) is 16.5. The van der Waals surface area contributed by atoms with Gasteiger partial charge in [0.15, 0.2) is 11.2 Å². The molecule has 0 aliphatic heterocycles. The molecule has 0 amide bonds. The van der Waals surface area contributed by atoms with E-state index in [9.17, 15) is 19.1 Å². The Kier molecular flexibility index (Phi) is 6.54. The Labute approximate surface area is 172 Å². The van der Waals surface area contributed by atoms with Crippen LogP contribution < -0.4 is 11.2 Å². The van der Waals surface area contributed by atoms with E-state index in [4.69, 9.17) is 11.6 Å². The molecule has 1 aromatic carbocycles. The highest BCUT2D eigenvalue weighted by Gasteiger charge is 2.21. The molecule has 0 spiro atoms. The van der Waals surface area contributed by atoms with Crippen LogP contribution in [0.15, 0.2) is 27.8 Å². The quantitative estimate of drug-likeness (QED) is 0.605. The average molecular weight is 423 g/mol. The number of hydrogen-bond acceptors (Lipinski definition) is 4. The Morgan fingerprint density at radius 2 is 1.86 bits per heavy atom. The molecule has 0 bridgehead atoms. The standard InChI is InChI=1S/C20H24ClFN4O3/c1-3-5-9-25-18-17(24(8-4-2)16(12-27)23-18)19(28)26(20(25)29)11-13-6-7-14(22)10-15(13)21/h6-7,10,27H,3-5,8-9,11-12H2,1-2H3. The molecule has 2 heterocycles. The van der Waals surface area contributed by atoms with Gasteiger partial charge in [-0.25, -0.2) is 14.2 Å². The molecule has 9 heteroatoms. The lowest BCUT2D eigenvalue weighted by atomic mass is 10.2. The average Bonchev–Trinajstić information content (AvgIpc) is 3.05. The van der Waals surface area contributed by atoms with Gasteiger partial charge in [0.05, 0.1) is 6.54 Å². The van der Waals surface area contributed by atoms with Gasteiger partial charge in [-0.15, -0.1) is 0 Å². The van der Waals surface area contributed by atoms with Gasteiger partial charge in [0, 0.05) is 18.1 Å². The minimum atomic E-state index is -0.501. The Bertz CT molecular complexity index is 1150. The number of unbranched alkanes of at least 4 members (excludes halogenated alkanes) is 1. The van der Waals surface area contributed by atoms with E-state index in [1.165, 1.54) is 16.7 Å². The summed E-state index contributed by atoms with van der Waals surface area (Å²) < 4.78 is 17.6. The van der Waals surface area contributed by atoms with E-state index in [-0.39, 0.29) is 29.3 Å². The topological polar surface area (TPSA) is 82.1 Å². The second-order valence-corrected chi connectivity index (χ2v) is 7.33. The van der Waals surface area contributed by atoms with Gasteiger partial charge in [0.2, 0.25) is 0 Å². The summed E-state index contributed by atoms with van der Waals surface area (Å²) in [5.74, 6) is -0.142. The third-order valence-electron chi connectivity index (χ3n) is 4.86. The van der Waals surface area contributed by atoms with Crippen molar-refractivity contribution in [3.8, 4) is 0 Å². The molecule has 0 saturated heterocycles. The summed E-state index contributed by atoms with van der Waals surface area (Å²) in [6.45, 7) is 4.44. The Morgan fingerprint density at radius 1 is 1.10 bits per heavy atom. The van der Waals surface area contributed by atoms with Crippen LogP contribution in [0.1, 0.15) is 44.5 Å². The smallest absolute Gasteiger partial charge is 0.333 e. The molecular formula is C20H24ClFN4O3. The van der Waals surface area contributed by atoms with E-state index in [1.54, 1.807) is 4.57 Å². The summed E-state index contributed by atoms with van der Waals surface area (Å²) in [5.41, 5.74) is 0.0376. The van der Waals surface area contributed by atoms with Crippen molar-refractivity contribution in [3.05, 3.63) is 61.3 Å². The Hall–Kier alpha value is -2.45. The maximum Gasteiger partial charge on any atom is 0.333 e. The van der Waals surface area contributed by atoms with Crippen LogP contribution in [0.3, 0.4) is 0 Å². The van der Waals surface area contributed by atoms with Crippen molar-refractivity contribution >= 4 is 22.8 Å². The fraction of sp³-hybridized carbons (Fsp3) is 0.450. The third kappa shape index (κ3) is 4.00. The number of rotatable bonds is 8. The SMILES string of the molecule is CCCCn1c(=O)n(Cc2ccc(F)cc2Cl)c(=O)c2c1nc(CO)n2CCC. The van der Waals surface area contributed by atoms with Gasteiger partial charge in [-0.2, -0.15) is 0 Å². The van der Waals surface area contributed by atoms with E-state index in [0.717, 1.165) is 29.9 Å². The van der Waals surface area contributed by atoms with Crippen molar-refractivity contribution in [3.63, 3.8) is 0 Å². The van der Waals surface area contributed by atoms with E-state index < -0.39 is 17.1 Å². The fourth-order valence-corrected chi connectivity index (χ4v) is 3.63. The molecule has 29 heavy (non-hydrogen) atoms. The van der Waals surface area contributed by atoms with E-state index in [0.29, 0.717) is 24.5 Å². The van der Waals surface area contributed by atoms with Crippen molar-refractivity contribution in [2.24, 2.45) is 0 Å². The number of aliphatic hydroxyl groups is 1. The summed E-state index contributed by atoms with van der Waals surface area (Å²) in [6, 6.07) is 3.86. The summed E-state index contributed by atoms with van der Waals surface area (Å²) >= 11 is 6.12. The summed E-state index contributed by atoms with van der Waals surface area (Å²) in [5, 5.41) is 9.86. The molecule has 0 radical (unpaired) electrons. The van der Waals surface area contributed by atoms with Crippen LogP contribution in [0.4, 0.5) is 4.39 Å². The number of aromatic nitrogens is 4. The predicted molar refractivity (Wildman–Crippen MR) is 110 cm³/mol. The maximum atomic E-state index is 13.4. The first kappa shape index (κ1) is 21.3. The summed E-state index contributed by atoms with van der Waals surface area (Å²) in [7, 11) is 0. The van der Waals surface area contributed by atoms with E-state index in [2.05, 4.69) is 4.98 Å². The number of aryl methyl sites for hydroxylation is 2. The molecule has 0 unspecified atom stereocenters. The van der Waals surface area contributed by atoms with Gasteiger partial charge in [0.1, 0.15) is 18.2 Å². The van der Waals surface area contributed by atoms with Crippen LogP contribution in [0.2, 0.25) is 5.02 Å². The predicted octanol–water partition coefficient (Wildman–Crippen LogP) is 2.90. The highest BCUT2D eigenvalue weighted by Crippen LogP contribution is 2.18. The molecule has 0 fully saturated rings. The lowest BCUT2D eigenvalue weighted by Gasteiger charge is -2.13. The number of aliphatic hydroxyl groups excluding tert-OH is 1. The second kappa shape index (κ2) is 8.92. The van der Waals surface area contributed by atoms with Gasteiger partial charge >= 0.3 is 5.69 Å². The van der Waals surface area contributed by atoms with E-state index >= 15 is 0 Å². The molecule has 0 aliphatic rings. The summed E-state index contributed by atoms with van der Waals surface area (Å²) in [4.78, 5) is 30.8. The van der Waals surface area contributed by atoms with Crippen LogP contribution in [0, 0.1) is 5.82 Å². The first-order valence-electron chi connectivity index (χ1n) is 9.70. The summed E-state index contributed by atoms with van der Waals surface area (Å²) in [6.07, 6.45) is 2.33. The minimum absolute atomic E-state index is 0.0788. The molecular weight excluding hydrogens is 399 g/mol. The highest BCUT2D eigenvalue weighted by molar-refractivity contribution is 6.31. The highest BCUT2D eigenvalue weighted by atomic mass is 35.5. The molecule has 0 saturated carbocycles. The number of nitrogens with zero attached hydrogens (tertiary/aromatic N) is 4. The lowest BCUT2D eigenvalue weighted by Crippen LogP contribution is -2.41. The number of hydrogen-bond donors (Lipinski definition) is 1. The van der Waals surface area contributed by atoms with Crippen molar-refractivity contribution < 1.29 is 9.50 Å². The second-order valence-electron chi connectivity index (χ2n) is 6.92. The first-order chi connectivity index (χ1) is 13.9. The van der Waals surface area contributed by atoms with Crippen LogP contribution >= 0.6 is 11.6 Å². The Balaban J connectivity index is 2.30. The number of halogens is 2. The molecule has 0 atom stereocenters. The molecule has 2 aromatic heterocycles. The fourth-order valence-electron chi connectivity index (χ4n) is 3.40. The van der Waals surface area contributed by atoms with Crippen molar-refractivity contribution in [1.82, 2.24) is 18.7 Å². The zero-order chi connectivity index (χ0) is 21.1. The van der Waals surface area contributed by atoms with Crippen LogP contribution in [-0.2, 0) is 26.2 Å². The zero-order valence-corrected chi connectivity index (χ0v) is 17.2. The van der Waals surface area contributed by atoms with Gasteiger partial charge in [0.25, 0.3) is 5.56 Å².